The first-order chi connectivity index (χ1) is 9.32. The van der Waals surface area contributed by atoms with Gasteiger partial charge in [0, 0.05) is 17.1 Å². The van der Waals surface area contributed by atoms with Gasteiger partial charge in [0.15, 0.2) is 5.12 Å². The SMILES string of the molecule is CC(=O)SCCC(O)C(O)c1ccc(Br)c(C(=O)O)c1. The Labute approximate surface area is 129 Å². The van der Waals surface area contributed by atoms with Crippen molar-refractivity contribution < 1.29 is 24.9 Å². The van der Waals surface area contributed by atoms with Crippen LogP contribution >= 0.6 is 27.7 Å². The van der Waals surface area contributed by atoms with Crippen LogP contribution in [-0.4, -0.2) is 38.3 Å². The number of halogens is 1. The average molecular weight is 363 g/mol. The maximum Gasteiger partial charge on any atom is 0.336 e. The molecule has 0 aliphatic heterocycles. The van der Waals surface area contributed by atoms with Gasteiger partial charge in [-0.05, 0) is 40.0 Å². The summed E-state index contributed by atoms with van der Waals surface area (Å²) in [6.07, 6.45) is -2.00. The third-order valence-corrected chi connectivity index (χ3v) is 4.18. The highest BCUT2D eigenvalue weighted by Gasteiger charge is 2.20. The van der Waals surface area contributed by atoms with E-state index in [0.29, 0.717) is 15.8 Å². The first kappa shape index (κ1) is 17.2. The second kappa shape index (κ2) is 7.78. The van der Waals surface area contributed by atoms with Crippen molar-refractivity contribution in [1.82, 2.24) is 0 Å². The number of aromatic carboxylic acids is 1. The molecule has 0 saturated carbocycles. The minimum atomic E-state index is -1.19. The molecule has 0 bridgehead atoms. The predicted molar refractivity (Wildman–Crippen MR) is 79.8 cm³/mol. The Balaban J connectivity index is 2.76. The van der Waals surface area contributed by atoms with E-state index in [1.54, 1.807) is 6.07 Å². The minimum Gasteiger partial charge on any atom is -0.478 e. The summed E-state index contributed by atoms with van der Waals surface area (Å²) in [7, 11) is 0. The fourth-order valence-corrected chi connectivity index (χ4v) is 2.66. The van der Waals surface area contributed by atoms with Crippen molar-refractivity contribution in [2.24, 2.45) is 0 Å². The first-order valence-corrected chi connectivity index (χ1v) is 7.63. The minimum absolute atomic E-state index is 0.0202. The molecule has 5 nitrogen and oxygen atoms in total. The molecule has 0 aliphatic carbocycles. The van der Waals surface area contributed by atoms with Gasteiger partial charge in [-0.3, -0.25) is 4.79 Å². The van der Waals surface area contributed by atoms with Crippen molar-refractivity contribution in [3.8, 4) is 0 Å². The highest BCUT2D eigenvalue weighted by atomic mass is 79.9. The van der Waals surface area contributed by atoms with E-state index in [-0.39, 0.29) is 17.1 Å². The molecule has 0 radical (unpaired) electrons. The lowest BCUT2D eigenvalue weighted by Crippen LogP contribution is -2.19. The van der Waals surface area contributed by atoms with E-state index >= 15 is 0 Å². The predicted octanol–water partition coefficient (Wildman–Crippen LogP) is 2.21. The second-order valence-corrected chi connectivity index (χ2v) is 6.31. The van der Waals surface area contributed by atoms with E-state index < -0.39 is 18.2 Å². The Hall–Kier alpha value is -0.890. The number of carbonyl (C=O) groups is 2. The highest BCUT2D eigenvalue weighted by molar-refractivity contribution is 9.10. The van der Waals surface area contributed by atoms with E-state index in [1.165, 1.54) is 19.1 Å². The summed E-state index contributed by atoms with van der Waals surface area (Å²) in [5, 5.41) is 28.8. The maximum absolute atomic E-state index is 11.0. The summed E-state index contributed by atoms with van der Waals surface area (Å²) in [6, 6.07) is 4.37. The standard InChI is InChI=1S/C13H15BrO5S/c1-7(15)20-5-4-11(16)12(17)8-2-3-10(14)9(6-8)13(18)19/h2-3,6,11-12,16-17H,4-5H2,1H3,(H,18,19). The molecule has 0 aliphatic rings. The van der Waals surface area contributed by atoms with Gasteiger partial charge in [-0.1, -0.05) is 17.8 Å². The smallest absolute Gasteiger partial charge is 0.336 e. The number of carbonyl (C=O) groups excluding carboxylic acids is 1. The van der Waals surface area contributed by atoms with Gasteiger partial charge in [0.1, 0.15) is 6.10 Å². The summed E-state index contributed by atoms with van der Waals surface area (Å²) in [4.78, 5) is 21.8. The van der Waals surface area contributed by atoms with Gasteiger partial charge in [-0.2, -0.15) is 0 Å². The van der Waals surface area contributed by atoms with Gasteiger partial charge in [0.25, 0.3) is 0 Å². The van der Waals surface area contributed by atoms with Crippen LogP contribution < -0.4 is 0 Å². The average Bonchev–Trinajstić information content (AvgIpc) is 2.37. The van der Waals surface area contributed by atoms with Crippen LogP contribution in [0.25, 0.3) is 0 Å². The van der Waals surface area contributed by atoms with Crippen molar-refractivity contribution >= 4 is 38.8 Å². The molecule has 0 spiro atoms. The Morgan fingerprint density at radius 2 is 2.00 bits per heavy atom. The summed E-state index contributed by atoms with van der Waals surface area (Å²) in [6.45, 7) is 1.43. The summed E-state index contributed by atoms with van der Waals surface area (Å²) >= 11 is 4.18. The zero-order valence-electron chi connectivity index (χ0n) is 10.7. The highest BCUT2D eigenvalue weighted by Crippen LogP contribution is 2.25. The molecule has 3 N–H and O–H groups in total. The van der Waals surface area contributed by atoms with Crippen molar-refractivity contribution in [3.05, 3.63) is 33.8 Å². The molecule has 0 amide bonds. The molecule has 2 unspecified atom stereocenters. The van der Waals surface area contributed by atoms with E-state index in [0.717, 1.165) is 11.8 Å². The number of hydrogen-bond donors (Lipinski definition) is 3. The monoisotopic (exact) mass is 362 g/mol. The van der Waals surface area contributed by atoms with Gasteiger partial charge in [-0.25, -0.2) is 4.79 Å². The largest absolute Gasteiger partial charge is 0.478 e. The fourth-order valence-electron chi connectivity index (χ4n) is 1.59. The molecule has 1 aromatic rings. The number of hydrogen-bond acceptors (Lipinski definition) is 5. The van der Waals surface area contributed by atoms with Crippen LogP contribution in [-0.2, 0) is 4.79 Å². The van der Waals surface area contributed by atoms with Crippen LogP contribution in [0.3, 0.4) is 0 Å². The molecule has 0 fully saturated rings. The third-order valence-electron chi connectivity index (χ3n) is 2.65. The fraction of sp³-hybridized carbons (Fsp3) is 0.385. The molecule has 2 atom stereocenters. The number of thioether (sulfide) groups is 1. The van der Waals surface area contributed by atoms with Crippen LogP contribution in [0.5, 0.6) is 0 Å². The Kier molecular flexibility index (Phi) is 6.67. The number of benzene rings is 1. The molecule has 20 heavy (non-hydrogen) atoms. The van der Waals surface area contributed by atoms with E-state index in [2.05, 4.69) is 15.9 Å². The van der Waals surface area contributed by atoms with Crippen LogP contribution in [0.4, 0.5) is 0 Å². The van der Waals surface area contributed by atoms with Gasteiger partial charge in [0.2, 0.25) is 0 Å². The van der Waals surface area contributed by atoms with Gasteiger partial charge in [-0.15, -0.1) is 0 Å². The summed E-state index contributed by atoms with van der Waals surface area (Å²) in [5.41, 5.74) is 0.345. The van der Waals surface area contributed by atoms with Crippen molar-refractivity contribution in [1.29, 1.82) is 0 Å². The Morgan fingerprint density at radius 1 is 1.35 bits per heavy atom. The van der Waals surface area contributed by atoms with E-state index in [4.69, 9.17) is 5.11 Å². The molecule has 110 valence electrons. The lowest BCUT2D eigenvalue weighted by atomic mass is 10.0. The molecule has 1 rings (SSSR count). The number of rotatable bonds is 6. The van der Waals surface area contributed by atoms with E-state index in [1.807, 2.05) is 0 Å². The van der Waals surface area contributed by atoms with Crippen molar-refractivity contribution in [3.63, 3.8) is 0 Å². The molecular weight excluding hydrogens is 348 g/mol. The van der Waals surface area contributed by atoms with Crippen molar-refractivity contribution in [2.75, 3.05) is 5.75 Å². The van der Waals surface area contributed by atoms with Crippen LogP contribution in [0, 0.1) is 0 Å². The molecular formula is C13H15BrO5S. The number of carboxylic acids is 1. The number of carboxylic acid groups (broad SMARTS) is 1. The molecule has 0 saturated heterocycles. The van der Waals surface area contributed by atoms with Crippen LogP contribution in [0.1, 0.15) is 35.4 Å². The molecule has 0 aromatic heterocycles. The quantitative estimate of drug-likeness (QED) is 0.717. The van der Waals surface area contributed by atoms with Gasteiger partial charge in [0.05, 0.1) is 11.7 Å². The number of aliphatic hydroxyl groups excluding tert-OH is 2. The Morgan fingerprint density at radius 3 is 2.55 bits per heavy atom. The zero-order valence-corrected chi connectivity index (χ0v) is 13.1. The van der Waals surface area contributed by atoms with Gasteiger partial charge >= 0.3 is 5.97 Å². The van der Waals surface area contributed by atoms with Crippen molar-refractivity contribution in [2.45, 2.75) is 25.6 Å². The van der Waals surface area contributed by atoms with Crippen LogP contribution in [0.15, 0.2) is 22.7 Å². The second-order valence-electron chi connectivity index (χ2n) is 4.19. The van der Waals surface area contributed by atoms with Gasteiger partial charge < -0.3 is 15.3 Å². The van der Waals surface area contributed by atoms with E-state index in [9.17, 15) is 19.8 Å². The Bertz CT molecular complexity index is 506. The molecule has 0 heterocycles. The third kappa shape index (κ3) is 4.90. The molecule has 1 aromatic carbocycles. The van der Waals surface area contributed by atoms with Crippen LogP contribution in [0.2, 0.25) is 0 Å². The lowest BCUT2D eigenvalue weighted by Gasteiger charge is -2.18. The summed E-state index contributed by atoms with van der Waals surface area (Å²) in [5.74, 6) is -0.719. The zero-order chi connectivity index (χ0) is 15.3. The number of aliphatic hydroxyl groups is 2. The lowest BCUT2D eigenvalue weighted by molar-refractivity contribution is -0.109. The molecule has 7 heteroatoms. The normalized spacial score (nSPS) is 13.8. The maximum atomic E-state index is 11.0. The summed E-state index contributed by atoms with van der Waals surface area (Å²) < 4.78 is 0.405. The first-order valence-electron chi connectivity index (χ1n) is 5.85. The topological polar surface area (TPSA) is 94.8 Å².